The lowest BCUT2D eigenvalue weighted by atomic mass is 9.98. The Labute approximate surface area is 251 Å². The van der Waals surface area contributed by atoms with Crippen LogP contribution in [0.3, 0.4) is 0 Å². The molecule has 204 valence electrons. The quantitative estimate of drug-likeness (QED) is 0.207. The number of hydrogen-bond donors (Lipinski definition) is 0. The van der Waals surface area contributed by atoms with Gasteiger partial charge in [0.05, 0.1) is 0 Å². The molecule has 1 aromatic heterocycles. The van der Waals surface area contributed by atoms with Crippen molar-refractivity contribution in [3.05, 3.63) is 164 Å². The van der Waals surface area contributed by atoms with Gasteiger partial charge in [-0.2, -0.15) is 0 Å². The molecule has 7 aromatic carbocycles. The fourth-order valence-corrected chi connectivity index (χ4v) is 6.42. The molecule has 0 aliphatic heterocycles. The van der Waals surface area contributed by atoms with Crippen LogP contribution < -0.4 is 4.90 Å². The summed E-state index contributed by atoms with van der Waals surface area (Å²) in [7, 11) is 2.16. The molecule has 0 saturated heterocycles. The summed E-state index contributed by atoms with van der Waals surface area (Å²) in [6.45, 7) is 0. The van der Waals surface area contributed by atoms with Crippen LogP contribution in [0, 0.1) is 0 Å². The predicted octanol–water partition coefficient (Wildman–Crippen LogP) is 11.3. The van der Waals surface area contributed by atoms with Gasteiger partial charge in [0.1, 0.15) is 0 Å². The van der Waals surface area contributed by atoms with E-state index in [2.05, 4.69) is 180 Å². The van der Waals surface area contributed by atoms with Crippen molar-refractivity contribution >= 4 is 49.6 Å². The first-order valence-corrected chi connectivity index (χ1v) is 14.8. The molecule has 8 aromatic rings. The number of rotatable bonds is 5. The van der Waals surface area contributed by atoms with E-state index in [-0.39, 0.29) is 0 Å². The fourth-order valence-electron chi connectivity index (χ4n) is 6.42. The number of nitrogens with zero attached hydrogens (tertiary/aromatic N) is 2. The predicted molar refractivity (Wildman–Crippen MR) is 183 cm³/mol. The number of para-hydroxylation sites is 2. The minimum absolute atomic E-state index is 1.13. The molecule has 2 heteroatoms. The molecule has 0 bridgehead atoms. The van der Waals surface area contributed by atoms with Crippen LogP contribution in [-0.2, 0) is 7.05 Å². The summed E-state index contributed by atoms with van der Waals surface area (Å²) in [5.41, 5.74) is 10.8. The maximum absolute atomic E-state index is 2.36. The van der Waals surface area contributed by atoms with E-state index in [0.717, 1.165) is 17.1 Å². The molecule has 8 rings (SSSR count). The standard InChI is InChI=1S/C41H30N2/c1-42-39-26-23-33(28-38(39)41-37-15-9-8-10-32(37)22-27-40(41)42)31-18-16-29(17-19-31)30-20-24-36(25-21-30)43(34-11-4-2-5-12-34)35-13-6-3-7-14-35/h2-28H,1H3. The molecular weight excluding hydrogens is 520 g/mol. The fraction of sp³-hybridized carbons (Fsp3) is 0.0244. The molecule has 2 nitrogen and oxygen atoms in total. The van der Waals surface area contributed by atoms with E-state index >= 15 is 0 Å². The number of fused-ring (bicyclic) bond motifs is 5. The van der Waals surface area contributed by atoms with E-state index in [4.69, 9.17) is 0 Å². The van der Waals surface area contributed by atoms with Crippen LogP contribution in [0.4, 0.5) is 17.1 Å². The summed E-state index contributed by atoms with van der Waals surface area (Å²) in [6, 6.07) is 58.9. The summed E-state index contributed by atoms with van der Waals surface area (Å²) in [6.07, 6.45) is 0. The molecule has 0 saturated carbocycles. The third-order valence-electron chi connectivity index (χ3n) is 8.60. The highest BCUT2D eigenvalue weighted by molar-refractivity contribution is 6.21. The Hall–Kier alpha value is -5.60. The monoisotopic (exact) mass is 550 g/mol. The maximum Gasteiger partial charge on any atom is 0.0495 e. The third kappa shape index (κ3) is 4.36. The molecule has 0 aliphatic carbocycles. The Morgan fingerprint density at radius 2 is 0.884 bits per heavy atom. The Kier molecular flexibility index (Phi) is 6.05. The number of aromatic nitrogens is 1. The van der Waals surface area contributed by atoms with Gasteiger partial charge in [-0.15, -0.1) is 0 Å². The van der Waals surface area contributed by atoms with Crippen molar-refractivity contribution in [3.63, 3.8) is 0 Å². The van der Waals surface area contributed by atoms with Gasteiger partial charge in [0.2, 0.25) is 0 Å². The van der Waals surface area contributed by atoms with Gasteiger partial charge in [-0.05, 0) is 87.6 Å². The lowest BCUT2D eigenvalue weighted by Gasteiger charge is -2.25. The zero-order valence-electron chi connectivity index (χ0n) is 24.0. The normalized spacial score (nSPS) is 11.4. The second-order valence-corrected chi connectivity index (χ2v) is 11.1. The summed E-state index contributed by atoms with van der Waals surface area (Å²) in [4.78, 5) is 2.29. The maximum atomic E-state index is 2.36. The SMILES string of the molecule is Cn1c2ccc(-c3ccc(-c4ccc(N(c5ccccc5)c5ccccc5)cc4)cc3)cc2c2c3ccccc3ccc21. The first-order chi connectivity index (χ1) is 21.2. The van der Waals surface area contributed by atoms with E-state index < -0.39 is 0 Å². The molecule has 0 amide bonds. The smallest absolute Gasteiger partial charge is 0.0495 e. The van der Waals surface area contributed by atoms with Crippen LogP contribution in [0.25, 0.3) is 54.8 Å². The van der Waals surface area contributed by atoms with Gasteiger partial charge in [-0.25, -0.2) is 0 Å². The molecule has 0 radical (unpaired) electrons. The van der Waals surface area contributed by atoms with E-state index in [9.17, 15) is 0 Å². The van der Waals surface area contributed by atoms with Gasteiger partial charge < -0.3 is 9.47 Å². The van der Waals surface area contributed by atoms with Crippen molar-refractivity contribution < 1.29 is 0 Å². The first kappa shape index (κ1) is 25.1. The molecule has 0 atom stereocenters. The highest BCUT2D eigenvalue weighted by Crippen LogP contribution is 2.38. The van der Waals surface area contributed by atoms with Gasteiger partial charge in [-0.1, -0.05) is 109 Å². The Morgan fingerprint density at radius 3 is 1.53 bits per heavy atom. The highest BCUT2D eigenvalue weighted by Gasteiger charge is 2.14. The molecule has 0 fully saturated rings. The van der Waals surface area contributed by atoms with Crippen molar-refractivity contribution in [3.8, 4) is 22.3 Å². The summed E-state index contributed by atoms with van der Waals surface area (Å²) < 4.78 is 2.31. The van der Waals surface area contributed by atoms with Crippen molar-refractivity contribution in [1.82, 2.24) is 4.57 Å². The average Bonchev–Trinajstić information content (AvgIpc) is 3.37. The largest absolute Gasteiger partial charge is 0.344 e. The van der Waals surface area contributed by atoms with Crippen LogP contribution in [0.1, 0.15) is 0 Å². The lowest BCUT2D eigenvalue weighted by molar-refractivity contribution is 1.01. The first-order valence-electron chi connectivity index (χ1n) is 14.8. The molecule has 0 aliphatic rings. The third-order valence-corrected chi connectivity index (χ3v) is 8.60. The second kappa shape index (κ2) is 10.3. The molecule has 0 unspecified atom stereocenters. The Bertz CT molecular complexity index is 2170. The van der Waals surface area contributed by atoms with E-state index in [1.165, 1.54) is 54.8 Å². The minimum atomic E-state index is 1.13. The zero-order chi connectivity index (χ0) is 28.8. The topological polar surface area (TPSA) is 8.17 Å². The summed E-state index contributed by atoms with van der Waals surface area (Å²) >= 11 is 0. The average molecular weight is 551 g/mol. The lowest BCUT2D eigenvalue weighted by Crippen LogP contribution is -2.09. The zero-order valence-corrected chi connectivity index (χ0v) is 24.0. The van der Waals surface area contributed by atoms with Gasteiger partial charge in [0.25, 0.3) is 0 Å². The molecule has 1 heterocycles. The van der Waals surface area contributed by atoms with Gasteiger partial charge in [0, 0.05) is 45.9 Å². The van der Waals surface area contributed by atoms with E-state index in [1.54, 1.807) is 0 Å². The van der Waals surface area contributed by atoms with Crippen molar-refractivity contribution in [2.45, 2.75) is 0 Å². The highest BCUT2D eigenvalue weighted by atomic mass is 15.1. The molecule has 43 heavy (non-hydrogen) atoms. The van der Waals surface area contributed by atoms with Gasteiger partial charge >= 0.3 is 0 Å². The van der Waals surface area contributed by atoms with Crippen molar-refractivity contribution in [2.24, 2.45) is 7.05 Å². The van der Waals surface area contributed by atoms with Crippen LogP contribution in [0.5, 0.6) is 0 Å². The number of hydrogen-bond acceptors (Lipinski definition) is 1. The van der Waals surface area contributed by atoms with E-state index in [1.807, 2.05) is 0 Å². The van der Waals surface area contributed by atoms with Gasteiger partial charge in [-0.3, -0.25) is 0 Å². The molecule has 0 N–H and O–H groups in total. The number of benzene rings is 7. The van der Waals surface area contributed by atoms with Crippen LogP contribution in [-0.4, -0.2) is 4.57 Å². The van der Waals surface area contributed by atoms with Gasteiger partial charge in [0.15, 0.2) is 0 Å². The molecule has 0 spiro atoms. The Morgan fingerprint density at radius 1 is 0.395 bits per heavy atom. The Balaban J connectivity index is 1.13. The van der Waals surface area contributed by atoms with Crippen LogP contribution >= 0.6 is 0 Å². The van der Waals surface area contributed by atoms with Crippen LogP contribution in [0.2, 0.25) is 0 Å². The number of aryl methyl sites for hydroxylation is 1. The van der Waals surface area contributed by atoms with Crippen LogP contribution in [0.15, 0.2) is 164 Å². The molecular formula is C41H30N2. The summed E-state index contributed by atoms with van der Waals surface area (Å²) in [5, 5.41) is 5.21. The minimum Gasteiger partial charge on any atom is -0.344 e. The summed E-state index contributed by atoms with van der Waals surface area (Å²) in [5.74, 6) is 0. The van der Waals surface area contributed by atoms with Crippen molar-refractivity contribution in [1.29, 1.82) is 0 Å². The van der Waals surface area contributed by atoms with Crippen molar-refractivity contribution in [2.75, 3.05) is 4.90 Å². The van der Waals surface area contributed by atoms with E-state index in [0.29, 0.717) is 0 Å². The second-order valence-electron chi connectivity index (χ2n) is 11.1. The number of anilines is 3.